The van der Waals surface area contributed by atoms with Crippen LogP contribution in [0.25, 0.3) is 0 Å². The number of carboxylic acids is 2. The second kappa shape index (κ2) is 4.94. The smallest absolute Gasteiger partial charge is 0.314 e. The van der Waals surface area contributed by atoms with Gasteiger partial charge in [0.05, 0.1) is 10.8 Å². The molecule has 1 aromatic rings. The average Bonchev–Trinajstić information content (AvgIpc) is 2.39. The van der Waals surface area contributed by atoms with Crippen molar-refractivity contribution in [3.8, 4) is 0 Å². The van der Waals surface area contributed by atoms with E-state index in [4.69, 9.17) is 11.6 Å². The lowest BCUT2D eigenvalue weighted by atomic mass is 9.63. The molecule has 106 valence electrons. The van der Waals surface area contributed by atoms with Gasteiger partial charge in [0.15, 0.2) is 0 Å². The largest absolute Gasteiger partial charge is 0.481 e. The number of halogens is 1. The first-order valence-electron chi connectivity index (χ1n) is 6.21. The Labute approximate surface area is 121 Å². The lowest BCUT2D eigenvalue weighted by Gasteiger charge is -2.38. The number of allylic oxidation sites excluding steroid dienone is 1. The zero-order valence-corrected chi connectivity index (χ0v) is 11.7. The fourth-order valence-electron chi connectivity index (χ4n) is 2.70. The Bertz CT molecular complexity index is 578. The molecular weight excluding hydrogens is 280 g/mol. The first-order chi connectivity index (χ1) is 9.30. The fraction of sp³-hybridized carbons (Fsp3) is 0.333. The Balaban J connectivity index is 2.52. The summed E-state index contributed by atoms with van der Waals surface area (Å²) in [5.74, 6) is -2.04. The van der Waals surface area contributed by atoms with Gasteiger partial charge in [-0.3, -0.25) is 9.59 Å². The van der Waals surface area contributed by atoms with Crippen molar-refractivity contribution in [1.29, 1.82) is 0 Å². The summed E-state index contributed by atoms with van der Waals surface area (Å²) >= 11 is 5.83. The Morgan fingerprint density at radius 1 is 1.15 bits per heavy atom. The summed E-state index contributed by atoms with van der Waals surface area (Å²) in [6.07, 6.45) is 3.50. The number of aliphatic carboxylic acids is 2. The topological polar surface area (TPSA) is 74.6 Å². The molecule has 2 atom stereocenters. The molecule has 1 aromatic carbocycles. The van der Waals surface area contributed by atoms with Crippen LogP contribution in [0, 0.1) is 5.41 Å². The average molecular weight is 295 g/mol. The molecule has 0 fully saturated rings. The van der Waals surface area contributed by atoms with Gasteiger partial charge in [0.1, 0.15) is 0 Å². The number of rotatable bonds is 3. The molecule has 20 heavy (non-hydrogen) atoms. The Morgan fingerprint density at radius 2 is 1.75 bits per heavy atom. The van der Waals surface area contributed by atoms with Crippen molar-refractivity contribution in [2.24, 2.45) is 5.41 Å². The molecule has 2 unspecified atom stereocenters. The molecule has 0 aliphatic heterocycles. The number of carboxylic acid groups (broad SMARTS) is 2. The highest BCUT2D eigenvalue weighted by atomic mass is 35.5. The highest BCUT2D eigenvalue weighted by molar-refractivity contribution is 6.30. The van der Waals surface area contributed by atoms with Crippen LogP contribution in [0.5, 0.6) is 0 Å². The molecule has 5 heteroatoms. The van der Waals surface area contributed by atoms with E-state index in [2.05, 4.69) is 0 Å². The second-order valence-corrected chi connectivity index (χ2v) is 5.84. The normalized spacial score (nSPS) is 29.1. The highest BCUT2D eigenvalue weighted by Gasteiger charge is 2.49. The van der Waals surface area contributed by atoms with Crippen LogP contribution in [0.3, 0.4) is 0 Å². The number of carbonyl (C=O) groups is 2. The molecule has 1 aliphatic carbocycles. The van der Waals surface area contributed by atoms with E-state index in [0.29, 0.717) is 10.6 Å². The molecule has 0 amide bonds. The van der Waals surface area contributed by atoms with Crippen LogP contribution in [-0.2, 0) is 15.0 Å². The van der Waals surface area contributed by atoms with Crippen molar-refractivity contribution in [1.82, 2.24) is 0 Å². The van der Waals surface area contributed by atoms with Crippen molar-refractivity contribution in [2.45, 2.75) is 25.2 Å². The zero-order valence-electron chi connectivity index (χ0n) is 11.0. The third-order valence-electron chi connectivity index (χ3n) is 3.92. The van der Waals surface area contributed by atoms with Gasteiger partial charge in [-0.15, -0.1) is 0 Å². The molecular formula is C15H15ClO4. The summed E-state index contributed by atoms with van der Waals surface area (Å²) in [6, 6.07) is 6.55. The molecule has 4 nitrogen and oxygen atoms in total. The summed E-state index contributed by atoms with van der Waals surface area (Å²) in [5.41, 5.74) is -1.84. The lowest BCUT2D eigenvalue weighted by Crippen LogP contribution is -2.44. The van der Waals surface area contributed by atoms with E-state index >= 15 is 0 Å². The number of benzene rings is 1. The van der Waals surface area contributed by atoms with Crippen LogP contribution in [0.2, 0.25) is 5.02 Å². The van der Waals surface area contributed by atoms with Crippen LogP contribution in [0.4, 0.5) is 0 Å². The second-order valence-electron chi connectivity index (χ2n) is 5.40. The minimum absolute atomic E-state index is 0.0167. The van der Waals surface area contributed by atoms with Gasteiger partial charge < -0.3 is 10.2 Å². The molecule has 0 bridgehead atoms. The number of hydrogen-bond acceptors (Lipinski definition) is 2. The van der Waals surface area contributed by atoms with Crippen molar-refractivity contribution in [2.75, 3.05) is 0 Å². The van der Waals surface area contributed by atoms with E-state index in [0.717, 1.165) is 0 Å². The first kappa shape index (κ1) is 14.6. The van der Waals surface area contributed by atoms with Gasteiger partial charge in [0.2, 0.25) is 0 Å². The first-order valence-corrected chi connectivity index (χ1v) is 6.58. The van der Waals surface area contributed by atoms with E-state index in [1.165, 1.54) is 0 Å². The van der Waals surface area contributed by atoms with Crippen molar-refractivity contribution in [3.05, 3.63) is 47.0 Å². The molecule has 2 N–H and O–H groups in total. The van der Waals surface area contributed by atoms with Gasteiger partial charge in [0, 0.05) is 5.02 Å². The predicted molar refractivity (Wildman–Crippen MR) is 74.9 cm³/mol. The van der Waals surface area contributed by atoms with Gasteiger partial charge in [-0.2, -0.15) is 0 Å². The van der Waals surface area contributed by atoms with Gasteiger partial charge in [-0.1, -0.05) is 35.9 Å². The molecule has 0 saturated carbocycles. The van der Waals surface area contributed by atoms with E-state index in [1.807, 2.05) is 0 Å². The molecule has 0 saturated heterocycles. The SMILES string of the molecule is CC1(C(=O)O)C=CCC(C(=O)O)(c2ccc(Cl)cc2)C1. The summed E-state index contributed by atoms with van der Waals surface area (Å²) < 4.78 is 0. The van der Waals surface area contributed by atoms with Crippen LogP contribution < -0.4 is 0 Å². The zero-order chi connectivity index (χ0) is 15.0. The molecule has 0 heterocycles. The Kier molecular flexibility index (Phi) is 3.61. The molecule has 0 spiro atoms. The minimum atomic E-state index is -1.23. The summed E-state index contributed by atoms with van der Waals surface area (Å²) in [6.45, 7) is 1.54. The van der Waals surface area contributed by atoms with Gasteiger partial charge in [0.25, 0.3) is 0 Å². The molecule has 0 radical (unpaired) electrons. The summed E-state index contributed by atoms with van der Waals surface area (Å²) in [4.78, 5) is 23.2. The minimum Gasteiger partial charge on any atom is -0.481 e. The van der Waals surface area contributed by atoms with E-state index < -0.39 is 22.8 Å². The van der Waals surface area contributed by atoms with Gasteiger partial charge >= 0.3 is 11.9 Å². The maximum Gasteiger partial charge on any atom is 0.314 e. The van der Waals surface area contributed by atoms with E-state index in [-0.39, 0.29) is 12.8 Å². The van der Waals surface area contributed by atoms with Crippen molar-refractivity contribution < 1.29 is 19.8 Å². The van der Waals surface area contributed by atoms with E-state index in [9.17, 15) is 19.8 Å². The highest BCUT2D eigenvalue weighted by Crippen LogP contribution is 2.45. The van der Waals surface area contributed by atoms with Gasteiger partial charge in [-0.05, 0) is 37.5 Å². The summed E-state index contributed by atoms with van der Waals surface area (Å²) in [5, 5.41) is 19.5. The standard InChI is InChI=1S/C15H15ClO4/c1-14(12(17)18)7-2-8-15(9-14,13(19)20)10-3-5-11(16)6-4-10/h2-7H,8-9H2,1H3,(H,17,18)(H,19,20). The van der Waals surface area contributed by atoms with Gasteiger partial charge in [-0.25, -0.2) is 0 Å². The monoisotopic (exact) mass is 294 g/mol. The van der Waals surface area contributed by atoms with Crippen molar-refractivity contribution >= 4 is 23.5 Å². The molecule has 1 aliphatic rings. The van der Waals surface area contributed by atoms with Crippen LogP contribution in [0.1, 0.15) is 25.3 Å². The quantitative estimate of drug-likeness (QED) is 0.840. The maximum atomic E-state index is 11.8. The Morgan fingerprint density at radius 3 is 2.25 bits per heavy atom. The predicted octanol–water partition coefficient (Wildman–Crippen LogP) is 3.10. The van der Waals surface area contributed by atoms with Crippen LogP contribution >= 0.6 is 11.6 Å². The fourth-order valence-corrected chi connectivity index (χ4v) is 2.83. The van der Waals surface area contributed by atoms with Crippen molar-refractivity contribution in [3.63, 3.8) is 0 Å². The molecule has 0 aromatic heterocycles. The summed E-state index contributed by atoms with van der Waals surface area (Å²) in [7, 11) is 0. The third kappa shape index (κ3) is 2.31. The Hall–Kier alpha value is -1.81. The van der Waals surface area contributed by atoms with E-state index in [1.54, 1.807) is 43.3 Å². The van der Waals surface area contributed by atoms with Crippen LogP contribution in [-0.4, -0.2) is 22.2 Å². The van der Waals surface area contributed by atoms with Crippen LogP contribution in [0.15, 0.2) is 36.4 Å². The maximum absolute atomic E-state index is 11.8. The molecule has 2 rings (SSSR count). The number of hydrogen-bond donors (Lipinski definition) is 2. The third-order valence-corrected chi connectivity index (χ3v) is 4.17. The lowest BCUT2D eigenvalue weighted by molar-refractivity contribution is -0.151.